The number of halogens is 1. The van der Waals surface area contributed by atoms with Crippen molar-refractivity contribution in [3.8, 4) is 0 Å². The maximum Gasteiger partial charge on any atom is 0.408 e. The van der Waals surface area contributed by atoms with E-state index < -0.39 is 23.7 Å². The molecule has 0 aliphatic rings. The van der Waals surface area contributed by atoms with Crippen molar-refractivity contribution in [3.05, 3.63) is 40.4 Å². The van der Waals surface area contributed by atoms with Gasteiger partial charge in [0, 0.05) is 4.47 Å². The summed E-state index contributed by atoms with van der Waals surface area (Å²) in [5.41, 5.74) is 0.368. The molecule has 0 saturated heterocycles. The largest absolute Gasteiger partial charge is 0.467 e. The van der Waals surface area contributed by atoms with Gasteiger partial charge in [0.2, 0.25) is 0 Å². The lowest BCUT2D eigenvalue weighted by atomic mass is 10.1. The maximum atomic E-state index is 11.8. The molecule has 1 aromatic rings. The standard InChI is InChI=1S/C17H22BrNO4/c1-17(2,3)23-16(21)19-14(15(20)22-4)7-5-6-12-8-10-13(18)11-9-12/h5-6,8-11,14H,7H2,1-4H3,(H,19,21). The van der Waals surface area contributed by atoms with Gasteiger partial charge in [-0.25, -0.2) is 9.59 Å². The Balaban J connectivity index is 2.66. The van der Waals surface area contributed by atoms with Crippen LogP contribution in [0.1, 0.15) is 32.8 Å². The highest BCUT2D eigenvalue weighted by Gasteiger charge is 2.23. The summed E-state index contributed by atoms with van der Waals surface area (Å²) in [5, 5.41) is 2.53. The Morgan fingerprint density at radius 1 is 1.26 bits per heavy atom. The zero-order valence-corrected chi connectivity index (χ0v) is 15.3. The number of carbonyl (C=O) groups is 2. The first-order chi connectivity index (χ1) is 10.7. The zero-order chi connectivity index (χ0) is 17.5. The van der Waals surface area contributed by atoms with Gasteiger partial charge in [0.1, 0.15) is 11.6 Å². The molecule has 0 fully saturated rings. The molecular formula is C17H22BrNO4. The molecule has 0 spiro atoms. The molecule has 0 aromatic heterocycles. The fraction of sp³-hybridized carbons (Fsp3) is 0.412. The molecule has 1 atom stereocenters. The lowest BCUT2D eigenvalue weighted by Crippen LogP contribution is -2.43. The minimum atomic E-state index is -0.790. The number of alkyl carbamates (subject to hydrolysis) is 1. The molecule has 1 unspecified atom stereocenters. The van der Waals surface area contributed by atoms with Gasteiger partial charge in [-0.15, -0.1) is 0 Å². The molecule has 1 aromatic carbocycles. The first kappa shape index (κ1) is 19.2. The van der Waals surface area contributed by atoms with Crippen LogP contribution in [0.3, 0.4) is 0 Å². The molecule has 0 heterocycles. The second kappa shape index (κ2) is 8.72. The Bertz CT molecular complexity index is 561. The van der Waals surface area contributed by atoms with E-state index in [0.29, 0.717) is 6.42 Å². The summed E-state index contributed by atoms with van der Waals surface area (Å²) in [5.74, 6) is -0.517. The van der Waals surface area contributed by atoms with Crippen LogP contribution in [-0.4, -0.2) is 30.8 Å². The van der Waals surface area contributed by atoms with Crippen LogP contribution in [0.2, 0.25) is 0 Å². The fourth-order valence-electron chi connectivity index (χ4n) is 1.72. The van der Waals surface area contributed by atoms with E-state index in [9.17, 15) is 9.59 Å². The Morgan fingerprint density at radius 3 is 2.39 bits per heavy atom. The molecule has 1 amide bonds. The van der Waals surface area contributed by atoms with Crippen LogP contribution in [0, 0.1) is 0 Å². The SMILES string of the molecule is COC(=O)C(CC=Cc1ccc(Br)cc1)NC(=O)OC(C)(C)C. The van der Waals surface area contributed by atoms with Crippen molar-refractivity contribution >= 4 is 34.1 Å². The minimum absolute atomic E-state index is 0.308. The molecule has 1 N–H and O–H groups in total. The van der Waals surface area contributed by atoms with Gasteiger partial charge in [-0.1, -0.05) is 40.2 Å². The van der Waals surface area contributed by atoms with E-state index in [-0.39, 0.29) is 0 Å². The van der Waals surface area contributed by atoms with E-state index in [1.807, 2.05) is 36.4 Å². The first-order valence-corrected chi connectivity index (χ1v) is 8.00. The smallest absolute Gasteiger partial charge is 0.408 e. The Morgan fingerprint density at radius 2 is 1.87 bits per heavy atom. The summed E-state index contributed by atoms with van der Waals surface area (Å²) < 4.78 is 10.9. The maximum absolute atomic E-state index is 11.8. The molecular weight excluding hydrogens is 362 g/mol. The number of amides is 1. The van der Waals surface area contributed by atoms with E-state index in [4.69, 9.17) is 9.47 Å². The number of esters is 1. The van der Waals surface area contributed by atoms with Gasteiger partial charge in [-0.3, -0.25) is 0 Å². The quantitative estimate of drug-likeness (QED) is 0.782. The Hall–Kier alpha value is -1.82. The predicted molar refractivity (Wildman–Crippen MR) is 93.0 cm³/mol. The predicted octanol–water partition coefficient (Wildman–Crippen LogP) is 3.92. The van der Waals surface area contributed by atoms with Crippen LogP contribution in [0.5, 0.6) is 0 Å². The van der Waals surface area contributed by atoms with Crippen LogP contribution < -0.4 is 5.32 Å². The number of methoxy groups -OCH3 is 1. The molecule has 0 radical (unpaired) electrons. The molecule has 0 saturated carbocycles. The summed E-state index contributed by atoms with van der Waals surface area (Å²) in [6.07, 6.45) is 3.34. The van der Waals surface area contributed by atoms with Crippen molar-refractivity contribution in [1.82, 2.24) is 5.32 Å². The highest BCUT2D eigenvalue weighted by molar-refractivity contribution is 9.10. The lowest BCUT2D eigenvalue weighted by molar-refractivity contribution is -0.143. The van der Waals surface area contributed by atoms with Crippen LogP contribution >= 0.6 is 15.9 Å². The van der Waals surface area contributed by atoms with Gasteiger partial charge in [0.05, 0.1) is 7.11 Å². The van der Waals surface area contributed by atoms with Gasteiger partial charge in [-0.2, -0.15) is 0 Å². The van der Waals surface area contributed by atoms with E-state index >= 15 is 0 Å². The van der Waals surface area contributed by atoms with E-state index in [1.54, 1.807) is 20.8 Å². The third-order valence-corrected chi connectivity index (χ3v) is 3.26. The molecule has 5 nitrogen and oxygen atoms in total. The van der Waals surface area contributed by atoms with Gasteiger partial charge < -0.3 is 14.8 Å². The monoisotopic (exact) mass is 383 g/mol. The summed E-state index contributed by atoms with van der Waals surface area (Å²) in [6, 6.07) is 6.94. The second-order valence-corrected chi connectivity index (χ2v) is 6.83. The number of hydrogen-bond acceptors (Lipinski definition) is 4. The number of hydrogen-bond donors (Lipinski definition) is 1. The number of ether oxygens (including phenoxy) is 2. The summed E-state index contributed by atoms with van der Waals surface area (Å²) >= 11 is 3.37. The Kier molecular flexibility index (Phi) is 7.29. The molecule has 1 rings (SSSR count). The van der Waals surface area contributed by atoms with Gasteiger partial charge >= 0.3 is 12.1 Å². The van der Waals surface area contributed by atoms with Crippen LogP contribution in [-0.2, 0) is 14.3 Å². The summed E-state index contributed by atoms with van der Waals surface area (Å²) in [7, 11) is 1.28. The molecule has 23 heavy (non-hydrogen) atoms. The molecule has 0 aliphatic heterocycles. The van der Waals surface area contributed by atoms with Gasteiger partial charge in [0.15, 0.2) is 0 Å². The van der Waals surface area contributed by atoms with E-state index in [2.05, 4.69) is 21.2 Å². The molecule has 126 valence electrons. The molecule has 6 heteroatoms. The van der Waals surface area contributed by atoms with E-state index in [1.165, 1.54) is 7.11 Å². The van der Waals surface area contributed by atoms with Crippen LogP contribution in [0.25, 0.3) is 6.08 Å². The number of benzene rings is 1. The first-order valence-electron chi connectivity index (χ1n) is 7.21. The van der Waals surface area contributed by atoms with Crippen molar-refractivity contribution in [2.24, 2.45) is 0 Å². The average Bonchev–Trinajstić information content (AvgIpc) is 2.45. The van der Waals surface area contributed by atoms with Gasteiger partial charge in [0.25, 0.3) is 0 Å². The molecule has 0 bridgehead atoms. The van der Waals surface area contributed by atoms with E-state index in [0.717, 1.165) is 10.0 Å². The van der Waals surface area contributed by atoms with Gasteiger partial charge in [-0.05, 0) is 44.9 Å². The lowest BCUT2D eigenvalue weighted by Gasteiger charge is -2.22. The van der Waals surface area contributed by atoms with Crippen molar-refractivity contribution in [1.29, 1.82) is 0 Å². The minimum Gasteiger partial charge on any atom is -0.467 e. The summed E-state index contributed by atoms with van der Waals surface area (Å²) in [4.78, 5) is 23.6. The van der Waals surface area contributed by atoms with Crippen LogP contribution in [0.4, 0.5) is 4.79 Å². The van der Waals surface area contributed by atoms with Crippen molar-refractivity contribution in [2.45, 2.75) is 38.8 Å². The highest BCUT2D eigenvalue weighted by atomic mass is 79.9. The van der Waals surface area contributed by atoms with Crippen molar-refractivity contribution < 1.29 is 19.1 Å². The summed E-state index contributed by atoms with van der Waals surface area (Å²) in [6.45, 7) is 5.27. The number of nitrogens with one attached hydrogen (secondary N) is 1. The third-order valence-electron chi connectivity index (χ3n) is 2.73. The topological polar surface area (TPSA) is 64.6 Å². The fourth-order valence-corrected chi connectivity index (χ4v) is 1.98. The van der Waals surface area contributed by atoms with Crippen molar-refractivity contribution in [3.63, 3.8) is 0 Å². The highest BCUT2D eigenvalue weighted by Crippen LogP contribution is 2.12. The molecule has 0 aliphatic carbocycles. The zero-order valence-electron chi connectivity index (χ0n) is 13.8. The van der Waals surface area contributed by atoms with Crippen molar-refractivity contribution in [2.75, 3.05) is 7.11 Å². The number of rotatable bonds is 5. The second-order valence-electron chi connectivity index (χ2n) is 5.91. The Labute approximate surface area is 145 Å². The van der Waals surface area contributed by atoms with Crippen LogP contribution in [0.15, 0.2) is 34.8 Å². The third kappa shape index (κ3) is 7.83. The number of carbonyl (C=O) groups excluding carboxylic acids is 2. The average molecular weight is 384 g/mol. The normalized spacial score (nSPS) is 12.7.